The van der Waals surface area contributed by atoms with Crippen LogP contribution in [-0.2, 0) is 123 Å². The molecule has 0 aliphatic carbocycles. The maximum absolute atomic E-state index is 10.3. The number of carboxylic acid groups (broad SMARTS) is 3. The number of hydrogen-bond acceptors (Lipinski definition) is 35. The van der Waals surface area contributed by atoms with Crippen LogP contribution in [0.1, 0.15) is 211 Å². The van der Waals surface area contributed by atoms with Gasteiger partial charge < -0.3 is 128 Å². The Morgan fingerprint density at radius 3 is 0.865 bits per heavy atom. The fourth-order valence-corrected chi connectivity index (χ4v) is 11.1. The Hall–Kier alpha value is -0.354. The van der Waals surface area contributed by atoms with Crippen LogP contribution < -0.4 is 30.5 Å². The molecular weight excluding hydrogens is 2660 g/mol. The van der Waals surface area contributed by atoms with E-state index in [1.54, 1.807) is 32.7 Å². The molecule has 10 N–H and O–H groups in total. The third-order valence-electron chi connectivity index (χ3n) is 16.0. The number of carbonyl (C=O) groups excluding carboxylic acids is 1. The number of nitrogens with two attached hydrogens (primary N) is 3. The van der Waals surface area contributed by atoms with Gasteiger partial charge in [-0.3, -0.25) is 13.7 Å². The minimum atomic E-state index is -0.948. The number of aliphatic carboxylic acids is 3. The van der Waals surface area contributed by atoms with E-state index in [4.69, 9.17) is 158 Å². The molecule has 9 fully saturated rings. The molecule has 15 heterocycles. The number of nitrogens with zero attached hydrogens (tertiary/aromatic N) is 12. The molecule has 52 heteroatoms. The molecule has 17 atom stereocenters. The van der Waals surface area contributed by atoms with E-state index in [0.717, 1.165) is 51.6 Å². The Bertz CT molecular complexity index is 3570. The zero-order valence-electron chi connectivity index (χ0n) is 68.2. The molecule has 15 rings (SSSR count). The van der Waals surface area contributed by atoms with Crippen molar-refractivity contribution in [2.75, 3.05) is 76.7 Å². The summed E-state index contributed by atoms with van der Waals surface area (Å²) in [7, 11) is 0. The summed E-state index contributed by atoms with van der Waals surface area (Å²) in [5.74, 6) is -2.84. The number of aliphatic hydroxyl groups is 1. The summed E-state index contributed by atoms with van der Waals surface area (Å²) in [5, 5.41) is 34.7. The normalized spacial score (nSPS) is 25.5. The number of hydrogen-bond donors (Lipinski definition) is 7. The number of carbonyl (C=O) groups is 4. The summed E-state index contributed by atoms with van der Waals surface area (Å²) < 4.78 is 99.4. The number of aldehydes is 1. The summed E-state index contributed by atoms with van der Waals surface area (Å²) in [5.41, 5.74) is 19.9. The van der Waals surface area contributed by atoms with Gasteiger partial charge in [0.15, 0.2) is 132 Å². The molecule has 0 spiro atoms. The van der Waals surface area contributed by atoms with Crippen LogP contribution in [0.3, 0.4) is 0 Å². The van der Waals surface area contributed by atoms with E-state index in [2.05, 4.69) is 126 Å². The van der Waals surface area contributed by atoms with E-state index in [0.29, 0.717) is 105 Å². The van der Waals surface area contributed by atoms with Crippen molar-refractivity contribution in [1.82, 2.24) is 58.6 Å². The van der Waals surface area contributed by atoms with E-state index >= 15 is 0 Å². The first kappa shape index (κ1) is 136. The molecule has 730 valence electrons. The van der Waals surface area contributed by atoms with Gasteiger partial charge in [-0.1, -0.05) is 142 Å². The van der Waals surface area contributed by atoms with Crippen molar-refractivity contribution in [2.24, 2.45) is 0 Å². The van der Waals surface area contributed by atoms with Crippen molar-refractivity contribution in [1.29, 1.82) is 0 Å². The molecule has 9 aliphatic rings. The minimum Gasteiger partial charge on any atom is 0 e. The molecule has 0 amide bonds. The number of aliphatic hydroxyl groups excluding tert-OH is 1. The molecule has 2 radical (unpaired) electrons. The fourth-order valence-electron chi connectivity index (χ4n) is 10.5. The fraction of sp³-hybridized carbons (Fsp3) is 0.743. The van der Waals surface area contributed by atoms with Gasteiger partial charge in [-0.15, -0.1) is 24.0 Å². The zero-order valence-corrected chi connectivity index (χ0v) is 89.7. The molecule has 9 saturated heterocycles. The van der Waals surface area contributed by atoms with Gasteiger partial charge in [0.05, 0.1) is 84.0 Å². The zero-order chi connectivity index (χ0) is 87.1. The summed E-state index contributed by atoms with van der Waals surface area (Å²) in [6.45, 7) is 29.0. The standard InChI is InChI=1S/3C10H12ClN5O2.3C6H10O4.2C6H12O2.C5H10O3.C3H6O.6CH4.Ac.I3.I2.HI.V/c3*1-2-6-17-3-5(18-6)16-4-13-7-8(11)14-10(12)15-9(7)16;3*1-2-5-9-3-4(10-5)6(7)8;1-5-4-7-6(2,3)8-5;1-3-6-7-4-5(2)8-6;1-2-5-7-3-4(6)8-5;1-2-3-4;;;;;;;;1-3-2;1-2;;/h3*4-6H,2-3H2,1H3,(H2,12,14,15);3*4-5H,2-3H2,1H3,(H,7,8);5H,4H2,1-3H3;5-6H,3-4H2,1-2H3;4-6H,2-3H2,1H3;3H,2H2,1H3;6*1H4;;;;1H;/q;;;;;;;;;;;;;;;;;-1;;;/t5-,6+;2*5-,6-;4-,5+;2*4-,5-;5-;5-,6?;4?,5-;;;;;;;;;;;;/m011111001............/s1. The van der Waals surface area contributed by atoms with Crippen LogP contribution in [0.4, 0.5) is 17.8 Å². The second-order valence-electron chi connectivity index (χ2n) is 25.4. The molecular formula is C74H131AcCl3I6N15O26V-. The van der Waals surface area contributed by atoms with Crippen LogP contribution in [0.2, 0.25) is 15.5 Å². The number of imidazole rings is 3. The molecule has 6 aromatic heterocycles. The number of carboxylic acids is 3. The second-order valence-corrected chi connectivity index (χ2v) is 42.7. The Morgan fingerprint density at radius 2 is 0.698 bits per heavy atom. The minimum absolute atomic E-state index is 0. The van der Waals surface area contributed by atoms with Crippen LogP contribution in [0.5, 0.6) is 0 Å². The first-order valence-electron chi connectivity index (χ1n) is 37.1. The predicted octanol–water partition coefficient (Wildman–Crippen LogP) is 12.7. The average molecular weight is 2790 g/mol. The number of ether oxygens (including phenoxy) is 18. The van der Waals surface area contributed by atoms with Gasteiger partial charge in [0, 0.05) is 106 Å². The first-order chi connectivity index (χ1) is 55.8. The Balaban J connectivity index is -0.000000320. The number of rotatable bonds is 15. The SMILES string of the molecule is C.C.C.C.C.C.CCC1OC[C@H](C)O1.CCC=O.CC[C@@H]1OCC(O)O1.CC[C@@H]1OC[C@@H](n2cnc3c(Cl)nc(N)nc32)O1.CC[C@@H]1OC[C@H](C(=O)O)O1.CC[C@@H]1OC[C@H](C(=O)O)O1.CC[C@@H]1OC[C@H](n2cnc3c(Cl)nc(N)nc32)O1.CC[C@@H]1OC[C@H](n2cnc3c(Cl)nc(N)nc32)O1.CC[C@H]1OC[C@H](C(=O)O)O1.C[C@H]1COC(C)(C)O1.I.II.I[I-]I.[Ac].[V]. The largest absolute Gasteiger partial charge is 0 e. The molecule has 126 heavy (non-hydrogen) atoms. The summed E-state index contributed by atoms with van der Waals surface area (Å²) in [6.07, 6.45) is 7.77. The maximum atomic E-state index is 10.3. The van der Waals surface area contributed by atoms with Crippen LogP contribution in [0, 0.1) is 44.1 Å². The molecule has 6 aromatic rings. The maximum Gasteiger partial charge on any atom is 0 e. The third-order valence-corrected chi connectivity index (χ3v) is 16.8. The molecule has 9 aliphatic heterocycles. The second kappa shape index (κ2) is 73.8. The predicted molar refractivity (Wildman–Crippen MR) is 509 cm³/mol. The first-order valence-corrected chi connectivity index (χ1v) is 57.1. The van der Waals surface area contributed by atoms with Crippen molar-refractivity contribution in [2.45, 2.75) is 304 Å². The number of fused-ring (bicyclic) bond motifs is 3. The van der Waals surface area contributed by atoms with Crippen molar-refractivity contribution in [3.05, 3.63) is 34.4 Å². The monoisotopic (exact) mass is 2790 g/mol. The van der Waals surface area contributed by atoms with Crippen LogP contribution >= 0.6 is 133 Å². The van der Waals surface area contributed by atoms with Gasteiger partial charge >= 0.3 is 68.4 Å². The molecule has 0 saturated carbocycles. The summed E-state index contributed by atoms with van der Waals surface area (Å²) in [6, 6.07) is 0. The van der Waals surface area contributed by atoms with Crippen molar-refractivity contribution >= 4 is 209 Å². The van der Waals surface area contributed by atoms with Gasteiger partial charge in [-0.2, -0.15) is 29.9 Å². The number of anilines is 3. The van der Waals surface area contributed by atoms with Gasteiger partial charge in [0.1, 0.15) is 29.4 Å². The van der Waals surface area contributed by atoms with E-state index in [1.165, 1.54) is 0 Å². The Kier molecular flexibility index (Phi) is 79.9. The third kappa shape index (κ3) is 47.1. The topological polar surface area (TPSA) is 524 Å². The van der Waals surface area contributed by atoms with Gasteiger partial charge in [-0.25, -0.2) is 29.3 Å². The Morgan fingerprint density at radius 1 is 0.452 bits per heavy atom. The van der Waals surface area contributed by atoms with Crippen molar-refractivity contribution < 1.29 is 201 Å². The number of halogens is 9. The van der Waals surface area contributed by atoms with Gasteiger partial charge in [0.2, 0.25) is 17.8 Å². The van der Waals surface area contributed by atoms with Gasteiger partial charge in [0.25, 0.3) is 0 Å². The molecule has 0 bridgehead atoms. The average Bonchev–Trinajstić information content (AvgIpc) is 1.65. The summed E-state index contributed by atoms with van der Waals surface area (Å²) in [4.78, 5) is 76.4. The number of aromatic nitrogens is 12. The molecule has 2 unspecified atom stereocenters. The smallest absolute Gasteiger partial charge is 0 e. The van der Waals surface area contributed by atoms with E-state index in [9.17, 15) is 19.2 Å². The van der Waals surface area contributed by atoms with Crippen LogP contribution in [0.15, 0.2) is 19.0 Å². The quantitative estimate of drug-likeness (QED) is 0.0285. The molecule has 0 aromatic carbocycles. The number of nitrogen functional groups attached to an aromatic ring is 3. The van der Waals surface area contributed by atoms with E-state index in [1.807, 2.05) is 83.1 Å². The van der Waals surface area contributed by atoms with Crippen molar-refractivity contribution in [3.8, 4) is 0 Å². The van der Waals surface area contributed by atoms with Crippen molar-refractivity contribution in [3.63, 3.8) is 0 Å². The van der Waals surface area contributed by atoms with Crippen LogP contribution in [0.25, 0.3) is 33.5 Å². The van der Waals surface area contributed by atoms with Gasteiger partial charge in [-0.05, 0) is 79.1 Å². The van der Waals surface area contributed by atoms with E-state index in [-0.39, 0.29) is 265 Å². The van der Waals surface area contributed by atoms with Crippen LogP contribution in [-0.4, -0.2) is 256 Å². The Labute approximate surface area is 872 Å². The van der Waals surface area contributed by atoms with E-state index < -0.39 is 42.5 Å². The molecule has 41 nitrogen and oxygen atoms in total. The summed E-state index contributed by atoms with van der Waals surface area (Å²) >= 11 is 27.4.